The van der Waals surface area contributed by atoms with Crippen molar-refractivity contribution in [2.24, 2.45) is 0 Å². The standard InChI is InChI=1S/C32H31N5O4S/c38-32(33-15-16-37-17-19-41-20-18-37)30-29(25-9-5-2-6-10-25)28-21-26(22-34-31(28)35-30)36-42(39,40)27-13-11-24(12-14-27)23-7-3-1-4-8-23/h1-14,21-22,36H,15-20H2,(H,33,38)(H,34,35). The summed E-state index contributed by atoms with van der Waals surface area (Å²) in [7, 11) is -3.88. The van der Waals surface area contributed by atoms with Crippen LogP contribution in [0.25, 0.3) is 33.3 Å². The summed E-state index contributed by atoms with van der Waals surface area (Å²) in [6.45, 7) is 4.31. The number of rotatable bonds is 9. The van der Waals surface area contributed by atoms with E-state index in [0.717, 1.165) is 36.3 Å². The minimum absolute atomic E-state index is 0.139. The molecule has 0 bridgehead atoms. The Morgan fingerprint density at radius 2 is 1.52 bits per heavy atom. The minimum Gasteiger partial charge on any atom is -0.379 e. The normalized spacial score (nSPS) is 14.1. The lowest BCUT2D eigenvalue weighted by Crippen LogP contribution is -2.41. The number of sulfonamides is 1. The number of morpholine rings is 1. The Kier molecular flexibility index (Phi) is 8.00. The number of amides is 1. The number of nitrogens with zero attached hydrogens (tertiary/aromatic N) is 2. The van der Waals surface area contributed by atoms with Gasteiger partial charge in [-0.05, 0) is 34.9 Å². The molecule has 3 aromatic carbocycles. The van der Waals surface area contributed by atoms with Gasteiger partial charge in [0.2, 0.25) is 0 Å². The quantitative estimate of drug-likeness (QED) is 0.231. The molecular formula is C32H31N5O4S. The van der Waals surface area contributed by atoms with Crippen LogP contribution in [0.3, 0.4) is 0 Å². The van der Waals surface area contributed by atoms with Gasteiger partial charge in [0.25, 0.3) is 15.9 Å². The molecule has 9 nitrogen and oxygen atoms in total. The fraction of sp³-hybridized carbons (Fsp3) is 0.188. The summed E-state index contributed by atoms with van der Waals surface area (Å²) in [5, 5.41) is 3.65. The van der Waals surface area contributed by atoms with Crippen LogP contribution in [-0.2, 0) is 14.8 Å². The number of carbonyl (C=O) groups is 1. The van der Waals surface area contributed by atoms with E-state index in [1.165, 1.54) is 6.20 Å². The summed E-state index contributed by atoms with van der Waals surface area (Å²) in [6.07, 6.45) is 1.45. The Balaban J connectivity index is 1.26. The number of anilines is 1. The number of pyridine rings is 1. The van der Waals surface area contributed by atoms with Crippen molar-refractivity contribution in [2.45, 2.75) is 4.90 Å². The van der Waals surface area contributed by atoms with Gasteiger partial charge >= 0.3 is 0 Å². The van der Waals surface area contributed by atoms with E-state index in [2.05, 4.69) is 24.9 Å². The Labute approximate surface area is 244 Å². The van der Waals surface area contributed by atoms with E-state index in [9.17, 15) is 13.2 Å². The molecule has 3 heterocycles. The summed E-state index contributed by atoms with van der Waals surface area (Å²) in [4.78, 5) is 23.4. The highest BCUT2D eigenvalue weighted by Crippen LogP contribution is 2.33. The van der Waals surface area contributed by atoms with Crippen LogP contribution in [0.5, 0.6) is 0 Å². The second-order valence-electron chi connectivity index (χ2n) is 10.1. The molecule has 1 fully saturated rings. The third-order valence-corrected chi connectivity index (χ3v) is 8.68. The summed E-state index contributed by atoms with van der Waals surface area (Å²) >= 11 is 0. The molecule has 0 spiro atoms. The predicted octanol–water partition coefficient (Wildman–Crippen LogP) is 4.76. The molecule has 0 atom stereocenters. The first-order valence-electron chi connectivity index (χ1n) is 13.8. The summed E-state index contributed by atoms with van der Waals surface area (Å²) < 4.78 is 34.6. The molecule has 2 aromatic heterocycles. The molecule has 10 heteroatoms. The van der Waals surface area contributed by atoms with Crippen LogP contribution in [0.1, 0.15) is 10.5 Å². The molecule has 0 unspecified atom stereocenters. The van der Waals surface area contributed by atoms with Crippen LogP contribution in [0.2, 0.25) is 0 Å². The highest BCUT2D eigenvalue weighted by atomic mass is 32.2. The SMILES string of the molecule is O=C(NCCN1CCOCC1)c1[nH]c2ncc(NS(=O)(=O)c3ccc(-c4ccccc4)cc3)cc2c1-c1ccccc1. The lowest BCUT2D eigenvalue weighted by Gasteiger charge is -2.26. The number of carbonyl (C=O) groups excluding carboxylic acids is 1. The first-order chi connectivity index (χ1) is 20.5. The predicted molar refractivity (Wildman–Crippen MR) is 164 cm³/mol. The van der Waals surface area contributed by atoms with E-state index in [4.69, 9.17) is 4.74 Å². The van der Waals surface area contributed by atoms with Crippen LogP contribution in [0.15, 0.2) is 102 Å². The van der Waals surface area contributed by atoms with Gasteiger partial charge in [0.1, 0.15) is 11.3 Å². The van der Waals surface area contributed by atoms with Gasteiger partial charge in [-0.2, -0.15) is 0 Å². The molecule has 0 aliphatic carbocycles. The highest BCUT2D eigenvalue weighted by molar-refractivity contribution is 7.92. The molecule has 1 aliphatic rings. The number of nitrogens with one attached hydrogen (secondary N) is 3. The van der Waals surface area contributed by atoms with Crippen molar-refractivity contribution in [3.63, 3.8) is 0 Å². The van der Waals surface area contributed by atoms with Crippen LogP contribution in [0, 0.1) is 0 Å². The number of aromatic nitrogens is 2. The van der Waals surface area contributed by atoms with Gasteiger partial charge in [0, 0.05) is 37.1 Å². The molecule has 1 aliphatic heterocycles. The van der Waals surface area contributed by atoms with Gasteiger partial charge in [0.05, 0.1) is 30.0 Å². The smallest absolute Gasteiger partial charge is 0.268 e. The van der Waals surface area contributed by atoms with E-state index in [-0.39, 0.29) is 10.8 Å². The molecule has 214 valence electrons. The number of hydrogen-bond donors (Lipinski definition) is 3. The number of benzene rings is 3. The van der Waals surface area contributed by atoms with Crippen molar-refractivity contribution in [2.75, 3.05) is 44.1 Å². The van der Waals surface area contributed by atoms with E-state index in [0.29, 0.717) is 47.7 Å². The number of H-pyrrole nitrogens is 1. The Bertz CT molecular complexity index is 1780. The molecule has 3 N–H and O–H groups in total. The number of aromatic amines is 1. The monoisotopic (exact) mass is 581 g/mol. The molecule has 0 saturated carbocycles. The first kappa shape index (κ1) is 27.6. The number of fused-ring (bicyclic) bond motifs is 1. The van der Waals surface area contributed by atoms with Crippen LogP contribution < -0.4 is 10.0 Å². The second-order valence-corrected chi connectivity index (χ2v) is 11.7. The molecule has 5 aromatic rings. The maximum Gasteiger partial charge on any atom is 0.268 e. The Hall–Kier alpha value is -4.51. The average molecular weight is 582 g/mol. The Morgan fingerprint density at radius 3 is 2.21 bits per heavy atom. The number of ether oxygens (including phenoxy) is 1. The van der Waals surface area contributed by atoms with Crippen molar-refractivity contribution < 1.29 is 17.9 Å². The van der Waals surface area contributed by atoms with Crippen LogP contribution in [0.4, 0.5) is 5.69 Å². The summed E-state index contributed by atoms with van der Waals surface area (Å²) in [6, 6.07) is 27.7. The van der Waals surface area contributed by atoms with Crippen molar-refractivity contribution in [1.82, 2.24) is 20.2 Å². The van der Waals surface area contributed by atoms with Gasteiger partial charge in [-0.15, -0.1) is 0 Å². The molecule has 1 amide bonds. The summed E-state index contributed by atoms with van der Waals surface area (Å²) in [5.41, 5.74) is 4.57. The van der Waals surface area contributed by atoms with Gasteiger partial charge in [-0.1, -0.05) is 72.8 Å². The van der Waals surface area contributed by atoms with Crippen molar-refractivity contribution >= 4 is 32.7 Å². The highest BCUT2D eigenvalue weighted by Gasteiger charge is 2.22. The van der Waals surface area contributed by atoms with Gasteiger partial charge in [0.15, 0.2) is 0 Å². The maximum atomic E-state index is 13.4. The molecule has 1 saturated heterocycles. The Morgan fingerprint density at radius 1 is 0.881 bits per heavy atom. The maximum absolute atomic E-state index is 13.4. The number of hydrogen-bond acceptors (Lipinski definition) is 6. The van der Waals surface area contributed by atoms with Crippen LogP contribution in [-0.4, -0.2) is 68.6 Å². The van der Waals surface area contributed by atoms with E-state index in [1.54, 1.807) is 30.3 Å². The zero-order valence-corrected chi connectivity index (χ0v) is 23.7. The lowest BCUT2D eigenvalue weighted by atomic mass is 10.0. The van der Waals surface area contributed by atoms with E-state index >= 15 is 0 Å². The fourth-order valence-electron chi connectivity index (χ4n) is 5.11. The van der Waals surface area contributed by atoms with Gasteiger partial charge in [-0.25, -0.2) is 13.4 Å². The molecule has 42 heavy (non-hydrogen) atoms. The zero-order chi connectivity index (χ0) is 28.9. The summed E-state index contributed by atoms with van der Waals surface area (Å²) in [5.74, 6) is -0.249. The zero-order valence-electron chi connectivity index (χ0n) is 22.9. The van der Waals surface area contributed by atoms with Gasteiger partial charge < -0.3 is 15.0 Å². The second kappa shape index (κ2) is 12.2. The van der Waals surface area contributed by atoms with Crippen molar-refractivity contribution in [3.05, 3.63) is 103 Å². The van der Waals surface area contributed by atoms with E-state index < -0.39 is 10.0 Å². The molecule has 6 rings (SSSR count). The third-order valence-electron chi connectivity index (χ3n) is 7.28. The first-order valence-corrected chi connectivity index (χ1v) is 15.3. The van der Waals surface area contributed by atoms with Crippen LogP contribution >= 0.6 is 0 Å². The van der Waals surface area contributed by atoms with Crippen molar-refractivity contribution in [1.29, 1.82) is 0 Å². The third kappa shape index (κ3) is 6.06. The fourth-order valence-corrected chi connectivity index (χ4v) is 6.15. The van der Waals surface area contributed by atoms with Gasteiger partial charge in [-0.3, -0.25) is 14.4 Å². The molecule has 0 radical (unpaired) electrons. The van der Waals surface area contributed by atoms with Crippen molar-refractivity contribution in [3.8, 4) is 22.3 Å². The van der Waals surface area contributed by atoms with E-state index in [1.807, 2.05) is 60.7 Å². The largest absolute Gasteiger partial charge is 0.379 e. The topological polar surface area (TPSA) is 116 Å². The lowest BCUT2D eigenvalue weighted by molar-refractivity contribution is 0.0383. The minimum atomic E-state index is -3.88. The average Bonchev–Trinajstić information content (AvgIpc) is 3.41. The molecular weight excluding hydrogens is 550 g/mol.